The molecule has 0 spiro atoms. The second kappa shape index (κ2) is 5.87. The van der Waals surface area contributed by atoms with Gasteiger partial charge in [-0.05, 0) is 23.8 Å². The fourth-order valence-corrected chi connectivity index (χ4v) is 4.22. The molecule has 3 aromatic rings. The van der Waals surface area contributed by atoms with Crippen LogP contribution in [0.1, 0.15) is 22.3 Å². The molecule has 4 rings (SSSR count). The van der Waals surface area contributed by atoms with Crippen LogP contribution in [-0.2, 0) is 16.6 Å². The molecule has 1 N–H and O–H groups in total. The minimum Gasteiger partial charge on any atom is -0.373 e. The quantitative estimate of drug-likeness (QED) is 0.797. The first-order valence-electron chi connectivity index (χ1n) is 7.83. The standard InChI is InChI=1S/C18H17N3O2S/c1-21-10-9-16(22)13-6-4-5-12(17(13)21)11-24(23)18-19-14-7-2-3-8-15(14)20-18/h2-8H,9-11H2,1H3,(H,19,20). The summed E-state index contributed by atoms with van der Waals surface area (Å²) in [7, 11) is 0.675. The van der Waals surface area contributed by atoms with E-state index >= 15 is 0 Å². The number of carbonyl (C=O) groups excluding carboxylic acids is 1. The Morgan fingerprint density at radius 3 is 2.88 bits per heavy atom. The zero-order chi connectivity index (χ0) is 16.7. The molecule has 0 bridgehead atoms. The third-order valence-electron chi connectivity index (χ3n) is 4.35. The Morgan fingerprint density at radius 2 is 2.04 bits per heavy atom. The van der Waals surface area contributed by atoms with Gasteiger partial charge in [-0.1, -0.05) is 24.3 Å². The second-order valence-corrected chi connectivity index (χ2v) is 7.32. The molecule has 1 unspecified atom stereocenters. The van der Waals surface area contributed by atoms with Gasteiger partial charge in [-0.3, -0.25) is 9.00 Å². The number of aromatic nitrogens is 2. The van der Waals surface area contributed by atoms with E-state index in [0.717, 1.165) is 27.8 Å². The van der Waals surface area contributed by atoms with Crippen molar-refractivity contribution in [1.29, 1.82) is 0 Å². The van der Waals surface area contributed by atoms with Gasteiger partial charge in [0.15, 0.2) is 10.9 Å². The van der Waals surface area contributed by atoms with Gasteiger partial charge < -0.3 is 9.88 Å². The van der Waals surface area contributed by atoms with E-state index in [1.54, 1.807) is 0 Å². The Balaban J connectivity index is 1.69. The number of aromatic amines is 1. The Morgan fingerprint density at radius 1 is 1.21 bits per heavy atom. The summed E-state index contributed by atoms with van der Waals surface area (Å²) >= 11 is 0. The number of para-hydroxylation sites is 3. The lowest BCUT2D eigenvalue weighted by atomic mass is 9.98. The SMILES string of the molecule is CN1CCC(=O)c2cccc(CS(=O)c3nc4ccccc4[nH]3)c21. The van der Waals surface area contributed by atoms with Crippen LogP contribution in [0.2, 0.25) is 0 Å². The van der Waals surface area contributed by atoms with Gasteiger partial charge >= 0.3 is 0 Å². The number of anilines is 1. The first-order chi connectivity index (χ1) is 11.6. The van der Waals surface area contributed by atoms with E-state index in [1.807, 2.05) is 49.5 Å². The van der Waals surface area contributed by atoms with E-state index in [-0.39, 0.29) is 5.78 Å². The molecule has 0 radical (unpaired) electrons. The number of imidazole rings is 1. The predicted molar refractivity (Wildman–Crippen MR) is 94.9 cm³/mol. The summed E-state index contributed by atoms with van der Waals surface area (Å²) in [5.74, 6) is 0.486. The van der Waals surface area contributed by atoms with E-state index < -0.39 is 10.8 Å². The fourth-order valence-electron chi connectivity index (χ4n) is 3.15. The normalized spacial score (nSPS) is 15.5. The van der Waals surface area contributed by atoms with Gasteiger partial charge in [0.1, 0.15) is 0 Å². The monoisotopic (exact) mass is 339 g/mol. The number of ketones is 1. The van der Waals surface area contributed by atoms with E-state index in [4.69, 9.17) is 0 Å². The van der Waals surface area contributed by atoms with Crippen LogP contribution in [0.5, 0.6) is 0 Å². The number of nitrogens with one attached hydrogen (secondary N) is 1. The smallest absolute Gasteiger partial charge is 0.197 e. The van der Waals surface area contributed by atoms with Gasteiger partial charge in [-0.25, -0.2) is 4.98 Å². The van der Waals surface area contributed by atoms with Gasteiger partial charge in [-0.15, -0.1) is 0 Å². The Kier molecular flexibility index (Phi) is 3.69. The van der Waals surface area contributed by atoms with Crippen molar-refractivity contribution in [3.05, 3.63) is 53.6 Å². The summed E-state index contributed by atoms with van der Waals surface area (Å²) in [6, 6.07) is 13.3. The van der Waals surface area contributed by atoms with Crippen molar-refractivity contribution >= 4 is 33.3 Å². The Labute approximate surface area is 142 Å². The zero-order valence-electron chi connectivity index (χ0n) is 13.3. The molecule has 24 heavy (non-hydrogen) atoms. The maximum Gasteiger partial charge on any atom is 0.197 e. The maximum absolute atomic E-state index is 12.8. The first-order valence-corrected chi connectivity index (χ1v) is 9.15. The van der Waals surface area contributed by atoms with Crippen LogP contribution >= 0.6 is 0 Å². The molecule has 2 heterocycles. The molecule has 5 nitrogen and oxygen atoms in total. The number of H-pyrrole nitrogens is 1. The molecule has 0 amide bonds. The largest absolute Gasteiger partial charge is 0.373 e. The van der Waals surface area contributed by atoms with Crippen molar-refractivity contribution in [2.75, 3.05) is 18.5 Å². The summed E-state index contributed by atoms with van der Waals surface area (Å²) < 4.78 is 12.8. The molecule has 1 atom stereocenters. The molecule has 122 valence electrons. The van der Waals surface area contributed by atoms with Crippen molar-refractivity contribution < 1.29 is 9.00 Å². The van der Waals surface area contributed by atoms with E-state index in [1.165, 1.54) is 0 Å². The lowest BCUT2D eigenvalue weighted by molar-refractivity contribution is 0.0980. The number of nitrogens with zero attached hydrogens (tertiary/aromatic N) is 2. The molecule has 1 aliphatic heterocycles. The van der Waals surface area contributed by atoms with E-state index in [0.29, 0.717) is 23.9 Å². The number of benzene rings is 2. The van der Waals surface area contributed by atoms with Gasteiger partial charge in [0.25, 0.3) is 0 Å². The van der Waals surface area contributed by atoms with Crippen LogP contribution in [0.25, 0.3) is 11.0 Å². The highest BCUT2D eigenvalue weighted by atomic mass is 32.2. The van der Waals surface area contributed by atoms with Crippen LogP contribution in [0.15, 0.2) is 47.6 Å². The molecule has 1 aromatic heterocycles. The van der Waals surface area contributed by atoms with Crippen LogP contribution in [0, 0.1) is 0 Å². The van der Waals surface area contributed by atoms with Crippen molar-refractivity contribution in [3.8, 4) is 0 Å². The van der Waals surface area contributed by atoms with Crippen molar-refractivity contribution in [2.24, 2.45) is 0 Å². The van der Waals surface area contributed by atoms with Gasteiger partial charge in [0.05, 0.1) is 33.3 Å². The molecule has 0 saturated heterocycles. The average molecular weight is 339 g/mol. The lowest BCUT2D eigenvalue weighted by Crippen LogP contribution is -2.29. The van der Waals surface area contributed by atoms with Gasteiger partial charge in [-0.2, -0.15) is 0 Å². The summed E-state index contributed by atoms with van der Waals surface area (Å²) in [6.07, 6.45) is 0.527. The zero-order valence-corrected chi connectivity index (χ0v) is 14.1. The molecule has 6 heteroatoms. The lowest BCUT2D eigenvalue weighted by Gasteiger charge is -2.28. The topological polar surface area (TPSA) is 66.1 Å². The van der Waals surface area contributed by atoms with E-state index in [9.17, 15) is 9.00 Å². The van der Waals surface area contributed by atoms with E-state index in [2.05, 4.69) is 14.9 Å². The van der Waals surface area contributed by atoms with Crippen molar-refractivity contribution in [2.45, 2.75) is 17.3 Å². The molecule has 2 aromatic carbocycles. The number of carbonyl (C=O) groups is 1. The molecule has 1 aliphatic rings. The van der Waals surface area contributed by atoms with Crippen molar-refractivity contribution in [3.63, 3.8) is 0 Å². The predicted octanol–water partition coefficient (Wildman–Crippen LogP) is 2.89. The third-order valence-corrected chi connectivity index (χ3v) is 5.54. The van der Waals surface area contributed by atoms with Crippen molar-refractivity contribution in [1.82, 2.24) is 9.97 Å². The number of hydrogen-bond acceptors (Lipinski definition) is 4. The average Bonchev–Trinajstić information content (AvgIpc) is 3.02. The van der Waals surface area contributed by atoms with Crippen LogP contribution in [0.3, 0.4) is 0 Å². The highest BCUT2D eigenvalue weighted by molar-refractivity contribution is 7.84. The summed E-state index contributed by atoms with van der Waals surface area (Å²) in [4.78, 5) is 21.7. The molecule has 0 fully saturated rings. The second-order valence-electron chi connectivity index (χ2n) is 5.96. The Bertz CT molecular complexity index is 931. The molecular formula is C18H17N3O2S. The number of rotatable bonds is 3. The fraction of sp³-hybridized carbons (Fsp3) is 0.222. The minimum atomic E-state index is -1.30. The first kappa shape index (κ1) is 15.1. The summed E-state index contributed by atoms with van der Waals surface area (Å²) in [5.41, 5.74) is 4.23. The minimum absolute atomic E-state index is 0.152. The molecule has 0 saturated carbocycles. The molecule has 0 aliphatic carbocycles. The number of hydrogen-bond donors (Lipinski definition) is 1. The number of fused-ring (bicyclic) bond motifs is 2. The maximum atomic E-state index is 12.8. The third kappa shape index (κ3) is 2.53. The number of Topliss-reactive ketones (excluding diaryl/α,β-unsaturated/α-hetero) is 1. The summed E-state index contributed by atoms with van der Waals surface area (Å²) in [5, 5.41) is 0.471. The highest BCUT2D eigenvalue weighted by Gasteiger charge is 2.24. The Hall–Kier alpha value is -2.47. The van der Waals surface area contributed by atoms with Gasteiger partial charge in [0.2, 0.25) is 0 Å². The summed E-state index contributed by atoms with van der Waals surface area (Å²) in [6.45, 7) is 0.695. The van der Waals surface area contributed by atoms with Crippen LogP contribution in [-0.4, -0.2) is 33.6 Å². The van der Waals surface area contributed by atoms with Crippen LogP contribution in [0.4, 0.5) is 5.69 Å². The highest BCUT2D eigenvalue weighted by Crippen LogP contribution is 2.31. The molecular weight excluding hydrogens is 322 g/mol. The van der Waals surface area contributed by atoms with Gasteiger partial charge in [0, 0.05) is 25.6 Å². The van der Waals surface area contributed by atoms with Crippen LogP contribution < -0.4 is 4.90 Å².